The maximum absolute atomic E-state index is 11.9. The lowest BCUT2D eigenvalue weighted by atomic mass is 10.1. The first-order valence-corrected chi connectivity index (χ1v) is 8.34. The molecule has 4 aromatic rings. The Morgan fingerprint density at radius 2 is 1.88 bits per heavy atom. The van der Waals surface area contributed by atoms with E-state index in [9.17, 15) is 4.79 Å². The monoisotopic (exact) mass is 327 g/mol. The molecule has 4 rings (SSSR count). The minimum absolute atomic E-state index is 0.408. The number of carbonyl (C=O) groups is 1. The summed E-state index contributed by atoms with van der Waals surface area (Å²) in [6.07, 6.45) is 0. The smallest absolute Gasteiger partial charge is 0.249 e. The number of rotatable bonds is 3. The van der Waals surface area contributed by atoms with Crippen LogP contribution in [0.2, 0.25) is 0 Å². The summed E-state index contributed by atoms with van der Waals surface area (Å²) >= 11 is 0. The third-order valence-corrected chi connectivity index (χ3v) is 4.79. The van der Waals surface area contributed by atoms with Crippen LogP contribution in [0.1, 0.15) is 27.0 Å². The zero-order valence-electron chi connectivity index (χ0n) is 14.3. The summed E-state index contributed by atoms with van der Waals surface area (Å²) in [5.74, 6) is -0.408. The molecule has 3 heteroatoms. The molecule has 1 amide bonds. The number of hydrogen-bond acceptors (Lipinski definition) is 1. The molecular formula is C22H19N2O. The Morgan fingerprint density at radius 1 is 1.08 bits per heavy atom. The van der Waals surface area contributed by atoms with Crippen molar-refractivity contribution in [3.63, 3.8) is 0 Å². The molecule has 0 aliphatic rings. The lowest BCUT2D eigenvalue weighted by molar-refractivity contribution is 0.100. The zero-order valence-corrected chi connectivity index (χ0v) is 14.3. The number of hydrogen-bond donors (Lipinski definition) is 1. The van der Waals surface area contributed by atoms with Gasteiger partial charge in [0.15, 0.2) is 0 Å². The van der Waals surface area contributed by atoms with E-state index in [0.29, 0.717) is 5.56 Å². The van der Waals surface area contributed by atoms with Gasteiger partial charge in [0.05, 0.1) is 11.0 Å². The van der Waals surface area contributed by atoms with Crippen LogP contribution in [0.3, 0.4) is 0 Å². The Bertz CT molecular complexity index is 1120. The van der Waals surface area contributed by atoms with E-state index in [1.165, 1.54) is 11.1 Å². The van der Waals surface area contributed by atoms with Crippen LogP contribution in [0.15, 0.2) is 54.6 Å². The lowest BCUT2D eigenvalue weighted by Crippen LogP contribution is -2.11. The molecule has 3 aromatic carbocycles. The predicted molar refractivity (Wildman–Crippen MR) is 102 cm³/mol. The van der Waals surface area contributed by atoms with Crippen LogP contribution in [-0.4, -0.2) is 10.5 Å². The first kappa shape index (κ1) is 15.5. The molecule has 0 saturated carbocycles. The van der Waals surface area contributed by atoms with Gasteiger partial charge in [-0.05, 0) is 54.8 Å². The van der Waals surface area contributed by atoms with Crippen molar-refractivity contribution in [1.82, 2.24) is 4.57 Å². The van der Waals surface area contributed by atoms with Crippen molar-refractivity contribution in [3.05, 3.63) is 82.9 Å². The molecule has 25 heavy (non-hydrogen) atoms. The Morgan fingerprint density at radius 3 is 2.64 bits per heavy atom. The third-order valence-electron chi connectivity index (χ3n) is 4.79. The summed E-state index contributed by atoms with van der Waals surface area (Å²) in [6.45, 7) is 4.92. The topological polar surface area (TPSA) is 48.0 Å². The molecule has 0 fully saturated rings. The van der Waals surface area contributed by atoms with E-state index in [2.05, 4.69) is 48.7 Å². The van der Waals surface area contributed by atoms with Gasteiger partial charge in [-0.15, -0.1) is 0 Å². The van der Waals surface area contributed by atoms with Crippen LogP contribution < -0.4 is 5.73 Å². The van der Waals surface area contributed by atoms with Crippen LogP contribution in [0.25, 0.3) is 21.8 Å². The molecule has 1 heterocycles. The number of nitrogens with zero attached hydrogens (tertiary/aromatic N) is 1. The molecule has 123 valence electrons. The molecule has 0 aliphatic heterocycles. The number of fused-ring (bicyclic) bond motifs is 3. The highest BCUT2D eigenvalue weighted by atomic mass is 16.1. The van der Waals surface area contributed by atoms with Crippen molar-refractivity contribution in [2.24, 2.45) is 5.73 Å². The summed E-state index contributed by atoms with van der Waals surface area (Å²) < 4.78 is 2.25. The van der Waals surface area contributed by atoms with Gasteiger partial charge in [0, 0.05) is 22.9 Å². The Hall–Kier alpha value is -3.07. The van der Waals surface area contributed by atoms with Crippen molar-refractivity contribution in [3.8, 4) is 0 Å². The van der Waals surface area contributed by atoms with E-state index in [-0.39, 0.29) is 0 Å². The summed E-state index contributed by atoms with van der Waals surface area (Å²) in [5, 5.41) is 1.84. The van der Waals surface area contributed by atoms with Crippen LogP contribution in [0.5, 0.6) is 0 Å². The van der Waals surface area contributed by atoms with Crippen molar-refractivity contribution >= 4 is 27.7 Å². The van der Waals surface area contributed by atoms with Crippen LogP contribution in [0, 0.1) is 19.9 Å². The zero-order chi connectivity index (χ0) is 17.6. The highest BCUT2D eigenvalue weighted by Crippen LogP contribution is 2.32. The number of benzene rings is 3. The summed E-state index contributed by atoms with van der Waals surface area (Å²) in [6, 6.07) is 21.5. The van der Waals surface area contributed by atoms with E-state index < -0.39 is 5.91 Å². The highest BCUT2D eigenvalue weighted by Gasteiger charge is 2.17. The van der Waals surface area contributed by atoms with Crippen LogP contribution >= 0.6 is 0 Å². The molecule has 2 N–H and O–H groups in total. The normalized spacial score (nSPS) is 11.3. The van der Waals surface area contributed by atoms with E-state index in [0.717, 1.165) is 33.9 Å². The van der Waals surface area contributed by atoms with Crippen molar-refractivity contribution in [2.75, 3.05) is 0 Å². The van der Waals surface area contributed by atoms with Crippen LogP contribution in [-0.2, 0) is 6.54 Å². The maximum atomic E-state index is 11.9. The van der Waals surface area contributed by atoms with Crippen LogP contribution in [0.4, 0.5) is 0 Å². The molecule has 1 radical (unpaired) electrons. The molecular weight excluding hydrogens is 308 g/mol. The number of aryl methyl sites for hydroxylation is 2. The fourth-order valence-electron chi connectivity index (χ4n) is 3.49. The van der Waals surface area contributed by atoms with E-state index in [1.807, 2.05) is 24.3 Å². The first-order valence-electron chi connectivity index (χ1n) is 8.34. The van der Waals surface area contributed by atoms with Gasteiger partial charge in [0.25, 0.3) is 0 Å². The first-order chi connectivity index (χ1) is 12.1. The molecule has 1 aromatic heterocycles. The van der Waals surface area contributed by atoms with Gasteiger partial charge in [-0.25, -0.2) is 0 Å². The van der Waals surface area contributed by atoms with E-state index in [1.54, 1.807) is 6.07 Å². The van der Waals surface area contributed by atoms with Crippen molar-refractivity contribution < 1.29 is 4.79 Å². The van der Waals surface area contributed by atoms with Gasteiger partial charge in [-0.1, -0.05) is 36.4 Å². The molecule has 3 nitrogen and oxygen atoms in total. The molecule has 0 atom stereocenters. The third kappa shape index (κ3) is 2.49. The van der Waals surface area contributed by atoms with Gasteiger partial charge < -0.3 is 10.3 Å². The second-order valence-electron chi connectivity index (χ2n) is 6.51. The van der Waals surface area contributed by atoms with Gasteiger partial charge in [-0.3, -0.25) is 4.79 Å². The van der Waals surface area contributed by atoms with Gasteiger partial charge >= 0.3 is 0 Å². The minimum atomic E-state index is -0.408. The standard InChI is InChI=1S/C22H19N2O/c1-14-10-11-17-20(12-14)24(13-16-7-4-3-6-15(16)2)19-9-5-8-18(21(17)19)22(23)25/h3-10,12H,13H2,1-2H3,(H2,23,25). The molecule has 0 aliphatic carbocycles. The number of primary amides is 1. The van der Waals surface area contributed by atoms with Gasteiger partial charge in [-0.2, -0.15) is 0 Å². The predicted octanol–water partition coefficient (Wildman–Crippen LogP) is 4.36. The second kappa shape index (κ2) is 5.78. The fraction of sp³-hybridized carbons (Fsp3) is 0.136. The van der Waals surface area contributed by atoms with Gasteiger partial charge in [0.2, 0.25) is 5.91 Å². The second-order valence-corrected chi connectivity index (χ2v) is 6.51. The minimum Gasteiger partial charge on any atom is -0.366 e. The molecule has 0 bridgehead atoms. The summed E-state index contributed by atoms with van der Waals surface area (Å²) in [4.78, 5) is 11.9. The Labute approximate surface area is 146 Å². The number of nitrogens with two attached hydrogens (primary N) is 1. The molecule has 0 spiro atoms. The maximum Gasteiger partial charge on any atom is 0.249 e. The largest absolute Gasteiger partial charge is 0.366 e. The highest BCUT2D eigenvalue weighted by molar-refractivity contribution is 6.17. The molecule has 0 saturated heterocycles. The van der Waals surface area contributed by atoms with Crippen molar-refractivity contribution in [1.29, 1.82) is 0 Å². The summed E-state index contributed by atoms with van der Waals surface area (Å²) in [7, 11) is 0. The number of aromatic nitrogens is 1. The van der Waals surface area contributed by atoms with E-state index >= 15 is 0 Å². The molecule has 0 unspecified atom stereocenters. The van der Waals surface area contributed by atoms with E-state index in [4.69, 9.17) is 5.73 Å². The number of amides is 1. The average molecular weight is 327 g/mol. The quantitative estimate of drug-likeness (QED) is 0.597. The SMILES string of the molecule is Cc1c[c]c2c3c(C(N)=O)cccc3n(Cc3ccccc3C)c2c1. The fourth-order valence-corrected chi connectivity index (χ4v) is 3.49. The van der Waals surface area contributed by atoms with Gasteiger partial charge in [0.1, 0.15) is 0 Å². The lowest BCUT2D eigenvalue weighted by Gasteiger charge is -2.10. The Balaban J connectivity index is 2.08. The van der Waals surface area contributed by atoms with Crippen molar-refractivity contribution in [2.45, 2.75) is 20.4 Å². The number of carbonyl (C=O) groups excluding carboxylic acids is 1. The Kier molecular flexibility index (Phi) is 3.57. The average Bonchev–Trinajstić information content (AvgIpc) is 2.90. The summed E-state index contributed by atoms with van der Waals surface area (Å²) in [5.41, 5.74) is 11.9.